The fraction of sp³-hybridized carbons (Fsp3) is 0.556. The summed E-state index contributed by atoms with van der Waals surface area (Å²) in [5, 5.41) is 5.33. The zero-order valence-electron chi connectivity index (χ0n) is 14.5. The maximum Gasteiger partial charge on any atom is 0.349 e. The van der Waals surface area contributed by atoms with E-state index in [9.17, 15) is 19.2 Å². The van der Waals surface area contributed by atoms with Crippen LogP contribution < -0.4 is 16.3 Å². The Kier molecular flexibility index (Phi) is 4.05. The topological polar surface area (TPSA) is 109 Å². The summed E-state index contributed by atoms with van der Waals surface area (Å²) in [7, 11) is 0. The fourth-order valence-corrected chi connectivity index (χ4v) is 3.90. The van der Waals surface area contributed by atoms with Gasteiger partial charge >= 0.3 is 5.63 Å². The van der Waals surface area contributed by atoms with Crippen LogP contribution in [0.15, 0.2) is 15.3 Å². The highest BCUT2D eigenvalue weighted by Crippen LogP contribution is 2.36. The lowest BCUT2D eigenvalue weighted by Crippen LogP contribution is -2.55. The molecule has 0 aromatic carbocycles. The lowest BCUT2D eigenvalue weighted by atomic mass is 9.83. The highest BCUT2D eigenvalue weighted by atomic mass is 16.4. The molecule has 4 rings (SSSR count). The Balaban J connectivity index is 1.49. The van der Waals surface area contributed by atoms with E-state index in [1.54, 1.807) is 13.0 Å². The predicted molar refractivity (Wildman–Crippen MR) is 90.7 cm³/mol. The standard InChI is InChI=1S/C18H21N3O5/c1-9-5-13(10-3-2-4-10)26-18(25)15(9)17(24)20-11-6-12-16(23)19-7-14(22)21(12)8-11/h5,10-12H,2-4,6-8H2,1H3,(H,19,23)(H,20,24)/t11-,12-/m0/s1. The van der Waals surface area contributed by atoms with Gasteiger partial charge in [0.1, 0.15) is 17.4 Å². The zero-order valence-corrected chi connectivity index (χ0v) is 14.5. The van der Waals surface area contributed by atoms with E-state index >= 15 is 0 Å². The van der Waals surface area contributed by atoms with Gasteiger partial charge in [-0.1, -0.05) is 6.42 Å². The van der Waals surface area contributed by atoms with E-state index in [4.69, 9.17) is 4.42 Å². The molecule has 1 saturated carbocycles. The third-order valence-electron chi connectivity index (χ3n) is 5.58. The Hall–Kier alpha value is -2.64. The Morgan fingerprint density at radius 3 is 2.69 bits per heavy atom. The molecule has 0 bridgehead atoms. The SMILES string of the molecule is Cc1cc(C2CCC2)oc(=O)c1C(=O)N[C@H]1C[C@H]2C(=O)NCC(=O)N2C1. The van der Waals surface area contributed by atoms with Crippen molar-refractivity contribution in [3.05, 3.63) is 33.4 Å². The number of nitrogens with one attached hydrogen (secondary N) is 2. The minimum atomic E-state index is -0.631. The van der Waals surface area contributed by atoms with Gasteiger partial charge in [-0.3, -0.25) is 14.4 Å². The first-order valence-electron chi connectivity index (χ1n) is 8.96. The number of rotatable bonds is 3. The molecule has 0 radical (unpaired) electrons. The van der Waals surface area contributed by atoms with E-state index in [-0.39, 0.29) is 42.4 Å². The van der Waals surface area contributed by atoms with Crippen molar-refractivity contribution in [1.82, 2.24) is 15.5 Å². The summed E-state index contributed by atoms with van der Waals surface area (Å²) < 4.78 is 5.36. The van der Waals surface area contributed by atoms with Crippen LogP contribution in [-0.2, 0) is 9.59 Å². The molecule has 2 atom stereocenters. The van der Waals surface area contributed by atoms with E-state index < -0.39 is 17.6 Å². The summed E-state index contributed by atoms with van der Waals surface area (Å²) in [6.07, 6.45) is 3.47. The van der Waals surface area contributed by atoms with E-state index in [2.05, 4.69) is 10.6 Å². The highest BCUT2D eigenvalue weighted by molar-refractivity contribution is 5.97. The van der Waals surface area contributed by atoms with Crippen molar-refractivity contribution >= 4 is 17.7 Å². The molecule has 2 aliphatic heterocycles. The Morgan fingerprint density at radius 2 is 2.08 bits per heavy atom. The average Bonchev–Trinajstić information content (AvgIpc) is 2.93. The first-order valence-corrected chi connectivity index (χ1v) is 8.96. The molecule has 138 valence electrons. The van der Waals surface area contributed by atoms with Crippen LogP contribution in [-0.4, -0.2) is 47.8 Å². The second-order valence-corrected chi connectivity index (χ2v) is 7.31. The molecule has 3 fully saturated rings. The first-order chi connectivity index (χ1) is 12.4. The number of amides is 3. The third-order valence-corrected chi connectivity index (χ3v) is 5.58. The molecule has 8 nitrogen and oxygen atoms in total. The predicted octanol–water partition coefficient (Wildman–Crippen LogP) is 0.0448. The maximum absolute atomic E-state index is 12.6. The van der Waals surface area contributed by atoms with Gasteiger partial charge in [-0.15, -0.1) is 0 Å². The summed E-state index contributed by atoms with van der Waals surface area (Å²) in [5.74, 6) is 0.0345. The van der Waals surface area contributed by atoms with Crippen LogP contribution in [0.3, 0.4) is 0 Å². The number of hydrogen-bond donors (Lipinski definition) is 2. The zero-order chi connectivity index (χ0) is 18.4. The lowest BCUT2D eigenvalue weighted by Gasteiger charge is -2.28. The minimum absolute atomic E-state index is 0.00581. The number of carbonyl (C=O) groups excluding carboxylic acids is 3. The number of carbonyl (C=O) groups is 3. The van der Waals surface area contributed by atoms with Crippen LogP contribution in [0, 0.1) is 6.92 Å². The molecule has 3 heterocycles. The van der Waals surface area contributed by atoms with Gasteiger partial charge in [0.15, 0.2) is 0 Å². The van der Waals surface area contributed by atoms with Crippen molar-refractivity contribution in [2.45, 2.75) is 50.6 Å². The molecule has 1 aromatic rings. The van der Waals surface area contributed by atoms with Crippen molar-refractivity contribution in [3.8, 4) is 0 Å². The molecule has 3 amide bonds. The van der Waals surface area contributed by atoms with Gasteiger partial charge in [0.2, 0.25) is 11.8 Å². The molecule has 3 aliphatic rings. The second-order valence-electron chi connectivity index (χ2n) is 7.31. The summed E-state index contributed by atoms with van der Waals surface area (Å²) in [5.41, 5.74) is -0.0483. The molecule has 26 heavy (non-hydrogen) atoms. The molecule has 1 aromatic heterocycles. The number of aryl methyl sites for hydroxylation is 1. The normalized spacial score (nSPS) is 25.5. The fourth-order valence-electron chi connectivity index (χ4n) is 3.90. The summed E-state index contributed by atoms with van der Waals surface area (Å²) in [4.78, 5) is 50.2. The second kappa shape index (κ2) is 6.26. The van der Waals surface area contributed by atoms with Gasteiger partial charge in [-0.05, 0) is 37.8 Å². The monoisotopic (exact) mass is 359 g/mol. The Morgan fingerprint density at radius 1 is 1.31 bits per heavy atom. The summed E-state index contributed by atoms with van der Waals surface area (Å²) >= 11 is 0. The summed E-state index contributed by atoms with van der Waals surface area (Å²) in [6.45, 7) is 1.98. The van der Waals surface area contributed by atoms with Gasteiger partial charge in [0.05, 0.1) is 6.54 Å². The number of piperazine rings is 1. The minimum Gasteiger partial charge on any atom is -0.427 e. The van der Waals surface area contributed by atoms with Crippen molar-refractivity contribution in [2.24, 2.45) is 0 Å². The molecule has 2 saturated heterocycles. The van der Waals surface area contributed by atoms with Crippen LogP contribution in [0.2, 0.25) is 0 Å². The van der Waals surface area contributed by atoms with Crippen LogP contribution in [0.4, 0.5) is 0 Å². The van der Waals surface area contributed by atoms with Gasteiger partial charge < -0.3 is 20.0 Å². The molecule has 2 N–H and O–H groups in total. The van der Waals surface area contributed by atoms with Crippen molar-refractivity contribution < 1.29 is 18.8 Å². The van der Waals surface area contributed by atoms with Crippen LogP contribution in [0.1, 0.15) is 53.3 Å². The van der Waals surface area contributed by atoms with Crippen molar-refractivity contribution in [2.75, 3.05) is 13.1 Å². The Labute approximate surface area is 149 Å². The van der Waals surface area contributed by atoms with Crippen LogP contribution in [0.25, 0.3) is 0 Å². The van der Waals surface area contributed by atoms with Crippen molar-refractivity contribution in [3.63, 3.8) is 0 Å². The van der Waals surface area contributed by atoms with Gasteiger partial charge in [0.25, 0.3) is 5.91 Å². The largest absolute Gasteiger partial charge is 0.427 e. The first kappa shape index (κ1) is 16.8. The lowest BCUT2D eigenvalue weighted by molar-refractivity contribution is -0.143. The van der Waals surface area contributed by atoms with E-state index in [0.29, 0.717) is 17.7 Å². The molecular weight excluding hydrogens is 338 g/mol. The van der Waals surface area contributed by atoms with Gasteiger partial charge in [0, 0.05) is 18.5 Å². The highest BCUT2D eigenvalue weighted by Gasteiger charge is 2.43. The molecule has 0 unspecified atom stereocenters. The molecular formula is C18H21N3O5. The summed E-state index contributed by atoms with van der Waals surface area (Å²) in [6, 6.07) is 0.847. The number of fused-ring (bicyclic) bond motifs is 1. The molecule has 0 spiro atoms. The average molecular weight is 359 g/mol. The molecule has 1 aliphatic carbocycles. The van der Waals surface area contributed by atoms with Gasteiger partial charge in [-0.2, -0.15) is 0 Å². The van der Waals surface area contributed by atoms with E-state index in [1.807, 2.05) is 0 Å². The Bertz CT molecular complexity index is 818. The third kappa shape index (κ3) is 2.79. The van der Waals surface area contributed by atoms with Crippen LogP contribution >= 0.6 is 0 Å². The maximum atomic E-state index is 12.6. The van der Waals surface area contributed by atoms with E-state index in [0.717, 1.165) is 19.3 Å². The van der Waals surface area contributed by atoms with Crippen LogP contribution in [0.5, 0.6) is 0 Å². The molecule has 8 heteroatoms. The van der Waals surface area contributed by atoms with Gasteiger partial charge in [-0.25, -0.2) is 4.79 Å². The quantitative estimate of drug-likeness (QED) is 0.792. The smallest absolute Gasteiger partial charge is 0.349 e. The van der Waals surface area contributed by atoms with Crippen molar-refractivity contribution in [1.29, 1.82) is 0 Å². The van der Waals surface area contributed by atoms with E-state index in [1.165, 1.54) is 4.90 Å². The number of nitrogens with zero attached hydrogens (tertiary/aromatic N) is 1. The number of hydrogen-bond acceptors (Lipinski definition) is 5.